The van der Waals surface area contributed by atoms with E-state index >= 15 is 0 Å². The van der Waals surface area contributed by atoms with Crippen LogP contribution in [0.4, 0.5) is 0 Å². The Balaban J connectivity index is 1.74. The van der Waals surface area contributed by atoms with Crippen molar-refractivity contribution in [2.45, 2.75) is 31.3 Å². The molecular weight excluding hydrogens is 196 g/mol. The molecule has 0 radical (unpaired) electrons. The SMILES string of the molecule is NCC12CC(CCN1Cc1ccccc1)C2. The van der Waals surface area contributed by atoms with E-state index in [1.165, 1.54) is 31.4 Å². The Morgan fingerprint density at radius 3 is 2.69 bits per heavy atom. The number of nitrogens with zero attached hydrogens (tertiary/aromatic N) is 1. The lowest BCUT2D eigenvalue weighted by Gasteiger charge is -2.59. The van der Waals surface area contributed by atoms with Gasteiger partial charge in [-0.1, -0.05) is 30.3 Å². The Kier molecular flexibility index (Phi) is 2.49. The van der Waals surface area contributed by atoms with Crippen LogP contribution in [0, 0.1) is 5.92 Å². The van der Waals surface area contributed by atoms with Crippen LogP contribution in [-0.2, 0) is 6.54 Å². The van der Waals surface area contributed by atoms with Gasteiger partial charge in [0.05, 0.1) is 0 Å². The van der Waals surface area contributed by atoms with Crippen molar-refractivity contribution in [2.75, 3.05) is 13.1 Å². The Hall–Kier alpha value is -0.860. The molecule has 0 spiro atoms. The van der Waals surface area contributed by atoms with Gasteiger partial charge in [-0.25, -0.2) is 0 Å². The third-order valence-electron chi connectivity index (χ3n) is 4.41. The molecular formula is C14H20N2. The molecule has 2 nitrogen and oxygen atoms in total. The third kappa shape index (κ3) is 1.57. The van der Waals surface area contributed by atoms with Gasteiger partial charge in [-0.3, -0.25) is 4.90 Å². The van der Waals surface area contributed by atoms with Gasteiger partial charge >= 0.3 is 0 Å². The average Bonchev–Trinajstić information content (AvgIpc) is 2.29. The van der Waals surface area contributed by atoms with Crippen LogP contribution in [-0.4, -0.2) is 23.5 Å². The number of hydrogen-bond acceptors (Lipinski definition) is 2. The second-order valence-corrected chi connectivity index (χ2v) is 5.40. The molecule has 2 aliphatic heterocycles. The molecule has 0 aromatic heterocycles. The van der Waals surface area contributed by atoms with Crippen LogP contribution in [0.5, 0.6) is 0 Å². The van der Waals surface area contributed by atoms with E-state index in [0.717, 1.165) is 19.0 Å². The van der Waals surface area contributed by atoms with Crippen LogP contribution in [0.3, 0.4) is 0 Å². The summed E-state index contributed by atoms with van der Waals surface area (Å²) in [5.74, 6) is 0.968. The Labute approximate surface area is 97.4 Å². The molecule has 1 aliphatic carbocycles. The molecule has 3 aliphatic rings. The van der Waals surface area contributed by atoms with E-state index in [0.29, 0.717) is 5.54 Å². The van der Waals surface area contributed by atoms with Crippen molar-refractivity contribution in [2.24, 2.45) is 11.7 Å². The first kappa shape index (κ1) is 10.3. The normalized spacial score (nSPS) is 33.4. The summed E-state index contributed by atoms with van der Waals surface area (Å²) in [4.78, 5) is 2.61. The number of hydrogen-bond donors (Lipinski definition) is 1. The van der Waals surface area contributed by atoms with Crippen LogP contribution in [0.1, 0.15) is 24.8 Å². The lowest BCUT2D eigenvalue weighted by Crippen LogP contribution is -2.65. The topological polar surface area (TPSA) is 29.3 Å². The molecule has 0 amide bonds. The number of nitrogens with two attached hydrogens (primary N) is 1. The molecule has 2 heteroatoms. The van der Waals surface area contributed by atoms with E-state index in [1.54, 1.807) is 0 Å². The molecule has 2 heterocycles. The maximum absolute atomic E-state index is 5.98. The third-order valence-corrected chi connectivity index (χ3v) is 4.41. The molecule has 1 saturated carbocycles. The molecule has 2 bridgehead atoms. The monoisotopic (exact) mass is 216 g/mol. The van der Waals surface area contributed by atoms with E-state index in [2.05, 4.69) is 35.2 Å². The summed E-state index contributed by atoms with van der Waals surface area (Å²) < 4.78 is 0. The van der Waals surface area contributed by atoms with Crippen LogP contribution in [0.2, 0.25) is 0 Å². The predicted octanol–water partition coefficient (Wildman–Crippen LogP) is 2.00. The molecule has 2 saturated heterocycles. The van der Waals surface area contributed by atoms with Gasteiger partial charge in [-0.2, -0.15) is 0 Å². The van der Waals surface area contributed by atoms with E-state index < -0.39 is 0 Å². The highest BCUT2D eigenvalue weighted by Crippen LogP contribution is 2.48. The zero-order valence-corrected chi connectivity index (χ0v) is 9.73. The first-order chi connectivity index (χ1) is 7.82. The zero-order valence-electron chi connectivity index (χ0n) is 9.73. The maximum atomic E-state index is 5.98. The molecule has 1 aromatic rings. The van der Waals surface area contributed by atoms with Crippen molar-refractivity contribution < 1.29 is 0 Å². The average molecular weight is 216 g/mol. The summed E-state index contributed by atoms with van der Waals surface area (Å²) in [6, 6.07) is 10.8. The minimum atomic E-state index is 0.346. The molecule has 4 rings (SSSR count). The summed E-state index contributed by atoms with van der Waals surface area (Å²) in [5.41, 5.74) is 7.74. The van der Waals surface area contributed by atoms with Crippen molar-refractivity contribution in [1.82, 2.24) is 4.90 Å². The highest BCUT2D eigenvalue weighted by Gasteiger charge is 2.50. The molecule has 2 N–H and O–H groups in total. The maximum Gasteiger partial charge on any atom is 0.0340 e. The Morgan fingerprint density at radius 2 is 2.00 bits per heavy atom. The first-order valence-corrected chi connectivity index (χ1v) is 6.31. The minimum absolute atomic E-state index is 0.346. The largest absolute Gasteiger partial charge is 0.329 e. The second-order valence-electron chi connectivity index (χ2n) is 5.40. The van der Waals surface area contributed by atoms with Gasteiger partial charge in [0, 0.05) is 18.6 Å². The van der Waals surface area contributed by atoms with Crippen LogP contribution < -0.4 is 5.73 Å². The predicted molar refractivity (Wildman–Crippen MR) is 66.0 cm³/mol. The van der Waals surface area contributed by atoms with Gasteiger partial charge in [0.1, 0.15) is 0 Å². The zero-order chi connectivity index (χ0) is 11.0. The van der Waals surface area contributed by atoms with Gasteiger partial charge < -0.3 is 5.73 Å². The summed E-state index contributed by atoms with van der Waals surface area (Å²) in [5, 5.41) is 0. The van der Waals surface area contributed by atoms with E-state index in [9.17, 15) is 0 Å². The molecule has 1 aromatic carbocycles. The van der Waals surface area contributed by atoms with Crippen LogP contribution in [0.15, 0.2) is 30.3 Å². The lowest BCUT2D eigenvalue weighted by atomic mass is 9.62. The van der Waals surface area contributed by atoms with Crippen molar-refractivity contribution in [1.29, 1.82) is 0 Å². The second kappa shape index (κ2) is 3.86. The van der Waals surface area contributed by atoms with Crippen molar-refractivity contribution in [3.63, 3.8) is 0 Å². The standard InChI is InChI=1S/C14H20N2/c15-11-14-8-13(9-14)6-7-16(14)10-12-4-2-1-3-5-12/h1-5,13H,6-11,15H2. The molecule has 86 valence electrons. The quantitative estimate of drug-likeness (QED) is 0.837. The van der Waals surface area contributed by atoms with E-state index in [-0.39, 0.29) is 0 Å². The molecule has 0 unspecified atom stereocenters. The summed E-state index contributed by atoms with van der Waals surface area (Å²) >= 11 is 0. The Morgan fingerprint density at radius 1 is 1.25 bits per heavy atom. The fourth-order valence-electron chi connectivity index (χ4n) is 3.40. The smallest absolute Gasteiger partial charge is 0.0340 e. The van der Waals surface area contributed by atoms with Gasteiger partial charge in [0.25, 0.3) is 0 Å². The first-order valence-electron chi connectivity index (χ1n) is 6.31. The number of rotatable bonds is 3. The summed E-state index contributed by atoms with van der Waals surface area (Å²) in [6.45, 7) is 3.14. The highest BCUT2D eigenvalue weighted by molar-refractivity contribution is 5.17. The Bertz CT molecular complexity index is 354. The van der Waals surface area contributed by atoms with Crippen LogP contribution >= 0.6 is 0 Å². The van der Waals surface area contributed by atoms with Gasteiger partial charge in [0.2, 0.25) is 0 Å². The fourth-order valence-corrected chi connectivity index (χ4v) is 3.40. The molecule has 0 atom stereocenters. The molecule has 16 heavy (non-hydrogen) atoms. The van der Waals surface area contributed by atoms with E-state index in [1.807, 2.05) is 0 Å². The summed E-state index contributed by atoms with van der Waals surface area (Å²) in [6.07, 6.45) is 4.03. The summed E-state index contributed by atoms with van der Waals surface area (Å²) in [7, 11) is 0. The minimum Gasteiger partial charge on any atom is -0.329 e. The van der Waals surface area contributed by atoms with E-state index in [4.69, 9.17) is 5.73 Å². The number of benzene rings is 1. The number of piperidine rings is 2. The van der Waals surface area contributed by atoms with Crippen molar-refractivity contribution in [3.05, 3.63) is 35.9 Å². The number of fused-ring (bicyclic) bond motifs is 2. The molecule has 3 fully saturated rings. The van der Waals surface area contributed by atoms with Crippen molar-refractivity contribution in [3.8, 4) is 0 Å². The van der Waals surface area contributed by atoms with Crippen molar-refractivity contribution >= 4 is 0 Å². The van der Waals surface area contributed by atoms with Crippen LogP contribution in [0.25, 0.3) is 0 Å². The highest BCUT2D eigenvalue weighted by atomic mass is 15.2. The van der Waals surface area contributed by atoms with Gasteiger partial charge in [-0.15, -0.1) is 0 Å². The van der Waals surface area contributed by atoms with Gasteiger partial charge in [-0.05, 0) is 37.3 Å². The fraction of sp³-hybridized carbons (Fsp3) is 0.571. The lowest BCUT2D eigenvalue weighted by molar-refractivity contribution is -0.0760. The van der Waals surface area contributed by atoms with Gasteiger partial charge in [0.15, 0.2) is 0 Å².